The summed E-state index contributed by atoms with van der Waals surface area (Å²) in [6, 6.07) is 5.60. The summed E-state index contributed by atoms with van der Waals surface area (Å²) in [5.74, 6) is -0.176. The van der Waals surface area contributed by atoms with Gasteiger partial charge >= 0.3 is 5.97 Å². The first-order valence-corrected chi connectivity index (χ1v) is 6.41. The predicted octanol–water partition coefficient (Wildman–Crippen LogP) is 2.78. The van der Waals surface area contributed by atoms with Crippen molar-refractivity contribution in [1.29, 1.82) is 0 Å². The minimum absolute atomic E-state index is 0.108. The van der Waals surface area contributed by atoms with Crippen LogP contribution in [0.5, 0.6) is 5.75 Å². The minimum atomic E-state index is -0.902. The first kappa shape index (κ1) is 13.6. The average Bonchev–Trinajstić information content (AvgIpc) is 2.69. The number of hydrogen-bond donors (Lipinski definition) is 2. The fraction of sp³-hybridized carbons (Fsp3) is 0.231. The molecule has 0 saturated carbocycles. The van der Waals surface area contributed by atoms with Crippen LogP contribution in [0.3, 0.4) is 0 Å². The molecule has 2 N–H and O–H groups in total. The summed E-state index contributed by atoms with van der Waals surface area (Å²) in [4.78, 5) is 10.8. The molecule has 0 unspecified atom stereocenters. The number of aliphatic carboxylic acids is 1. The SMILES string of the molecule is COc1ccc(-c2c(CC(=O)O)n[nH]c2C)cc1Br. The smallest absolute Gasteiger partial charge is 0.309 e. The fourth-order valence-corrected chi connectivity index (χ4v) is 2.50. The van der Waals surface area contributed by atoms with Gasteiger partial charge in [0, 0.05) is 11.3 Å². The molecule has 0 aliphatic carbocycles. The van der Waals surface area contributed by atoms with Crippen molar-refractivity contribution in [2.75, 3.05) is 7.11 Å². The molecule has 0 radical (unpaired) electrons. The first-order valence-electron chi connectivity index (χ1n) is 5.62. The predicted molar refractivity (Wildman–Crippen MR) is 74.4 cm³/mol. The molecule has 1 aromatic carbocycles. The Morgan fingerprint density at radius 2 is 2.26 bits per heavy atom. The molecule has 0 saturated heterocycles. The second-order valence-corrected chi connectivity index (χ2v) is 4.94. The molecule has 0 aliphatic rings. The molecule has 2 rings (SSSR count). The lowest BCUT2D eigenvalue weighted by Gasteiger charge is -2.07. The van der Waals surface area contributed by atoms with E-state index in [1.807, 2.05) is 25.1 Å². The number of aromatic nitrogens is 2. The molecular formula is C13H13BrN2O3. The third-order valence-electron chi connectivity index (χ3n) is 2.78. The molecular weight excluding hydrogens is 312 g/mol. The third-order valence-corrected chi connectivity index (χ3v) is 3.40. The number of carboxylic acids is 1. The number of aryl methyl sites for hydroxylation is 1. The van der Waals surface area contributed by atoms with Gasteiger partial charge in [-0.3, -0.25) is 9.89 Å². The minimum Gasteiger partial charge on any atom is -0.496 e. The van der Waals surface area contributed by atoms with Crippen molar-refractivity contribution >= 4 is 21.9 Å². The number of carbonyl (C=O) groups is 1. The number of aromatic amines is 1. The van der Waals surface area contributed by atoms with Gasteiger partial charge in [0.15, 0.2) is 0 Å². The van der Waals surface area contributed by atoms with E-state index >= 15 is 0 Å². The van der Waals surface area contributed by atoms with Crippen molar-refractivity contribution < 1.29 is 14.6 Å². The summed E-state index contributed by atoms with van der Waals surface area (Å²) in [5.41, 5.74) is 3.09. The van der Waals surface area contributed by atoms with Crippen molar-refractivity contribution in [3.63, 3.8) is 0 Å². The summed E-state index contributed by atoms with van der Waals surface area (Å²) >= 11 is 3.42. The molecule has 1 aromatic heterocycles. The Hall–Kier alpha value is -1.82. The summed E-state index contributed by atoms with van der Waals surface area (Å²) in [6.07, 6.45) is -0.108. The van der Waals surface area contributed by atoms with Crippen LogP contribution in [0, 0.1) is 6.92 Å². The Kier molecular flexibility index (Phi) is 3.90. The van der Waals surface area contributed by atoms with Crippen LogP contribution in [0.15, 0.2) is 22.7 Å². The summed E-state index contributed by atoms with van der Waals surface area (Å²) in [5, 5.41) is 15.8. The average molecular weight is 325 g/mol. The zero-order valence-electron chi connectivity index (χ0n) is 10.5. The highest BCUT2D eigenvalue weighted by atomic mass is 79.9. The zero-order valence-corrected chi connectivity index (χ0v) is 12.1. The van der Waals surface area contributed by atoms with Gasteiger partial charge in [0.1, 0.15) is 5.75 Å². The summed E-state index contributed by atoms with van der Waals surface area (Å²) in [7, 11) is 1.60. The Labute approximate surface area is 118 Å². The van der Waals surface area contributed by atoms with Crippen LogP contribution in [-0.2, 0) is 11.2 Å². The maximum atomic E-state index is 10.8. The van der Waals surface area contributed by atoms with Crippen molar-refractivity contribution in [2.45, 2.75) is 13.3 Å². The van der Waals surface area contributed by atoms with E-state index < -0.39 is 5.97 Å². The molecule has 100 valence electrons. The van der Waals surface area contributed by atoms with E-state index in [4.69, 9.17) is 9.84 Å². The van der Waals surface area contributed by atoms with Gasteiger partial charge in [0.2, 0.25) is 0 Å². The number of methoxy groups -OCH3 is 1. The molecule has 0 fully saturated rings. The van der Waals surface area contributed by atoms with E-state index in [-0.39, 0.29) is 6.42 Å². The van der Waals surface area contributed by atoms with Crippen molar-refractivity contribution in [2.24, 2.45) is 0 Å². The largest absolute Gasteiger partial charge is 0.496 e. The molecule has 0 amide bonds. The van der Waals surface area contributed by atoms with Crippen LogP contribution >= 0.6 is 15.9 Å². The summed E-state index contributed by atoms with van der Waals surface area (Å²) < 4.78 is 5.99. The lowest BCUT2D eigenvalue weighted by molar-refractivity contribution is -0.136. The van der Waals surface area contributed by atoms with Crippen LogP contribution < -0.4 is 4.74 Å². The third kappa shape index (κ3) is 2.78. The Morgan fingerprint density at radius 1 is 1.53 bits per heavy atom. The molecule has 19 heavy (non-hydrogen) atoms. The second-order valence-electron chi connectivity index (χ2n) is 4.09. The Balaban J connectivity index is 2.49. The number of carboxylic acid groups (broad SMARTS) is 1. The number of hydrogen-bond acceptors (Lipinski definition) is 3. The van der Waals surface area contributed by atoms with Crippen molar-refractivity contribution in [3.8, 4) is 16.9 Å². The number of halogens is 1. The molecule has 5 nitrogen and oxygen atoms in total. The van der Waals surface area contributed by atoms with Crippen LogP contribution in [0.2, 0.25) is 0 Å². The van der Waals surface area contributed by atoms with Crippen LogP contribution in [-0.4, -0.2) is 28.4 Å². The number of benzene rings is 1. The number of ether oxygens (including phenoxy) is 1. The number of rotatable bonds is 4. The van der Waals surface area contributed by atoms with E-state index in [2.05, 4.69) is 26.1 Å². The van der Waals surface area contributed by atoms with Gasteiger partial charge in [0.05, 0.1) is 23.7 Å². The van der Waals surface area contributed by atoms with Crippen LogP contribution in [0.25, 0.3) is 11.1 Å². The molecule has 0 atom stereocenters. The fourth-order valence-electron chi connectivity index (χ4n) is 1.96. The summed E-state index contributed by atoms with van der Waals surface area (Å²) in [6.45, 7) is 1.87. The molecule has 6 heteroatoms. The topological polar surface area (TPSA) is 75.2 Å². The lowest BCUT2D eigenvalue weighted by atomic mass is 10.0. The standard InChI is InChI=1S/C13H13BrN2O3/c1-7-13(10(16-15-7)6-12(17)18)8-3-4-11(19-2)9(14)5-8/h3-5H,6H2,1-2H3,(H,15,16)(H,17,18). The highest BCUT2D eigenvalue weighted by Crippen LogP contribution is 2.33. The van der Waals surface area contributed by atoms with Crippen LogP contribution in [0.4, 0.5) is 0 Å². The van der Waals surface area contributed by atoms with E-state index in [1.54, 1.807) is 7.11 Å². The molecule has 2 aromatic rings. The lowest BCUT2D eigenvalue weighted by Crippen LogP contribution is -2.02. The van der Waals surface area contributed by atoms with Gasteiger partial charge in [-0.1, -0.05) is 6.07 Å². The number of H-pyrrole nitrogens is 1. The second kappa shape index (κ2) is 5.44. The Bertz CT molecular complexity index is 622. The van der Waals surface area contributed by atoms with E-state index in [0.29, 0.717) is 5.69 Å². The van der Waals surface area contributed by atoms with Crippen LogP contribution in [0.1, 0.15) is 11.4 Å². The quantitative estimate of drug-likeness (QED) is 0.906. The van der Waals surface area contributed by atoms with Gasteiger partial charge in [-0.05, 0) is 40.5 Å². The first-order chi connectivity index (χ1) is 9.02. The van der Waals surface area contributed by atoms with E-state index in [1.165, 1.54) is 0 Å². The normalized spacial score (nSPS) is 10.5. The maximum Gasteiger partial charge on any atom is 0.309 e. The van der Waals surface area contributed by atoms with Gasteiger partial charge in [-0.2, -0.15) is 5.10 Å². The van der Waals surface area contributed by atoms with Gasteiger partial charge < -0.3 is 9.84 Å². The monoisotopic (exact) mass is 324 g/mol. The highest BCUT2D eigenvalue weighted by molar-refractivity contribution is 9.10. The Morgan fingerprint density at radius 3 is 2.84 bits per heavy atom. The van der Waals surface area contributed by atoms with Gasteiger partial charge in [0.25, 0.3) is 0 Å². The highest BCUT2D eigenvalue weighted by Gasteiger charge is 2.16. The molecule has 1 heterocycles. The van der Waals surface area contributed by atoms with Gasteiger partial charge in [-0.25, -0.2) is 0 Å². The molecule has 0 bridgehead atoms. The number of nitrogens with zero attached hydrogens (tertiary/aromatic N) is 1. The number of nitrogens with one attached hydrogen (secondary N) is 1. The molecule has 0 spiro atoms. The maximum absolute atomic E-state index is 10.8. The van der Waals surface area contributed by atoms with Crippen molar-refractivity contribution in [3.05, 3.63) is 34.1 Å². The van der Waals surface area contributed by atoms with Gasteiger partial charge in [-0.15, -0.1) is 0 Å². The van der Waals surface area contributed by atoms with E-state index in [9.17, 15) is 4.79 Å². The zero-order chi connectivity index (χ0) is 14.0. The van der Waals surface area contributed by atoms with Crippen molar-refractivity contribution in [1.82, 2.24) is 10.2 Å². The molecule has 0 aliphatic heterocycles. The van der Waals surface area contributed by atoms with E-state index in [0.717, 1.165) is 27.0 Å².